The normalized spacial score (nSPS) is 21.7. The third kappa shape index (κ3) is 3.25. The second kappa shape index (κ2) is 4.49. The molecule has 0 saturated heterocycles. The van der Waals surface area contributed by atoms with E-state index in [0.717, 1.165) is 25.7 Å². The van der Waals surface area contributed by atoms with Crippen LogP contribution >= 0.6 is 0 Å². The van der Waals surface area contributed by atoms with Gasteiger partial charge in [0.05, 0.1) is 7.11 Å². The summed E-state index contributed by atoms with van der Waals surface area (Å²) in [5.74, 6) is 0. The van der Waals surface area contributed by atoms with Gasteiger partial charge in [0.1, 0.15) is 5.60 Å². The lowest BCUT2D eigenvalue weighted by Crippen LogP contribution is -2.30. The Labute approximate surface area is 79.4 Å². The van der Waals surface area contributed by atoms with Gasteiger partial charge >= 0.3 is 6.16 Å². The molecule has 0 aromatic rings. The SMILES string of the molecule is COC(=O)OC1(C)CCCCCC1. The molecule has 0 amide bonds. The molecular weight excluding hydrogens is 168 g/mol. The molecule has 1 aliphatic carbocycles. The maximum Gasteiger partial charge on any atom is 0.508 e. The van der Waals surface area contributed by atoms with Gasteiger partial charge in [-0.3, -0.25) is 0 Å². The van der Waals surface area contributed by atoms with Crippen molar-refractivity contribution in [3.8, 4) is 0 Å². The lowest BCUT2D eigenvalue weighted by Gasteiger charge is -2.26. The summed E-state index contributed by atoms with van der Waals surface area (Å²) in [6.45, 7) is 2.00. The number of methoxy groups -OCH3 is 1. The highest BCUT2D eigenvalue weighted by molar-refractivity contribution is 5.60. The summed E-state index contributed by atoms with van der Waals surface area (Å²) in [7, 11) is 1.35. The van der Waals surface area contributed by atoms with E-state index >= 15 is 0 Å². The van der Waals surface area contributed by atoms with Crippen LogP contribution in [0.2, 0.25) is 0 Å². The molecule has 13 heavy (non-hydrogen) atoms. The third-order valence-corrected chi connectivity index (χ3v) is 2.66. The Hall–Kier alpha value is -0.730. The van der Waals surface area contributed by atoms with Crippen LogP contribution in [0.25, 0.3) is 0 Å². The van der Waals surface area contributed by atoms with Gasteiger partial charge in [0, 0.05) is 0 Å². The van der Waals surface area contributed by atoms with E-state index in [4.69, 9.17) is 4.74 Å². The first-order valence-electron chi connectivity index (χ1n) is 4.93. The second-order valence-electron chi connectivity index (χ2n) is 3.92. The largest absolute Gasteiger partial charge is 0.508 e. The fraction of sp³-hybridized carbons (Fsp3) is 0.900. The molecule has 0 aliphatic heterocycles. The number of hydrogen-bond acceptors (Lipinski definition) is 3. The van der Waals surface area contributed by atoms with Gasteiger partial charge in [0.2, 0.25) is 0 Å². The van der Waals surface area contributed by atoms with Gasteiger partial charge in [0.15, 0.2) is 0 Å². The molecule has 76 valence electrons. The molecule has 0 unspecified atom stereocenters. The summed E-state index contributed by atoms with van der Waals surface area (Å²) in [6.07, 6.45) is 6.16. The predicted molar refractivity (Wildman–Crippen MR) is 49.6 cm³/mol. The Morgan fingerprint density at radius 2 is 1.69 bits per heavy atom. The topological polar surface area (TPSA) is 35.5 Å². The van der Waals surface area contributed by atoms with Crippen LogP contribution in [0.1, 0.15) is 45.4 Å². The van der Waals surface area contributed by atoms with Gasteiger partial charge in [-0.2, -0.15) is 0 Å². The minimum Gasteiger partial charge on any atom is -0.438 e. The molecule has 0 heterocycles. The monoisotopic (exact) mass is 186 g/mol. The molecule has 0 aromatic carbocycles. The fourth-order valence-corrected chi connectivity index (χ4v) is 1.82. The molecule has 1 rings (SSSR count). The van der Waals surface area contributed by atoms with Gasteiger partial charge in [-0.25, -0.2) is 4.79 Å². The van der Waals surface area contributed by atoms with E-state index in [2.05, 4.69) is 4.74 Å². The molecule has 0 spiro atoms. The van der Waals surface area contributed by atoms with Crippen molar-refractivity contribution in [3.63, 3.8) is 0 Å². The van der Waals surface area contributed by atoms with E-state index in [0.29, 0.717) is 0 Å². The molecule has 1 fully saturated rings. The molecule has 0 atom stereocenters. The Kier molecular flexibility index (Phi) is 3.58. The maximum absolute atomic E-state index is 11.0. The van der Waals surface area contributed by atoms with Crippen molar-refractivity contribution in [2.45, 2.75) is 51.0 Å². The van der Waals surface area contributed by atoms with Gasteiger partial charge in [0.25, 0.3) is 0 Å². The minimum absolute atomic E-state index is 0.288. The summed E-state index contributed by atoms with van der Waals surface area (Å²) in [5.41, 5.74) is -0.288. The summed E-state index contributed by atoms with van der Waals surface area (Å²) < 4.78 is 9.74. The Bertz CT molecular complexity index is 169. The molecule has 3 nitrogen and oxygen atoms in total. The number of ether oxygens (including phenoxy) is 2. The second-order valence-corrected chi connectivity index (χ2v) is 3.92. The molecule has 0 bridgehead atoms. The number of rotatable bonds is 1. The van der Waals surface area contributed by atoms with Crippen molar-refractivity contribution >= 4 is 6.16 Å². The Balaban J connectivity index is 2.46. The van der Waals surface area contributed by atoms with E-state index < -0.39 is 6.16 Å². The molecule has 0 N–H and O–H groups in total. The molecule has 1 saturated carbocycles. The Morgan fingerprint density at radius 1 is 1.15 bits per heavy atom. The first-order valence-corrected chi connectivity index (χ1v) is 4.93. The van der Waals surface area contributed by atoms with Gasteiger partial charge < -0.3 is 9.47 Å². The Morgan fingerprint density at radius 3 is 2.15 bits per heavy atom. The minimum atomic E-state index is -0.551. The predicted octanol–water partition coefficient (Wildman–Crippen LogP) is 2.88. The summed E-state index contributed by atoms with van der Waals surface area (Å²) in [4.78, 5) is 11.0. The van der Waals surface area contributed by atoms with Crippen LogP contribution in [0.3, 0.4) is 0 Å². The van der Waals surface area contributed by atoms with E-state index in [1.165, 1.54) is 20.0 Å². The number of carbonyl (C=O) groups is 1. The standard InChI is InChI=1S/C10H18O3/c1-10(13-9(11)12-2)7-5-3-4-6-8-10/h3-8H2,1-2H3. The third-order valence-electron chi connectivity index (χ3n) is 2.66. The average Bonchev–Trinajstić information content (AvgIpc) is 2.30. The van der Waals surface area contributed by atoms with Crippen molar-refractivity contribution < 1.29 is 14.3 Å². The molecule has 1 aliphatic rings. The first-order chi connectivity index (χ1) is 6.16. The molecular formula is C10H18O3. The highest BCUT2D eigenvalue weighted by Gasteiger charge is 2.29. The van der Waals surface area contributed by atoms with Crippen LogP contribution in [0.5, 0.6) is 0 Å². The highest BCUT2D eigenvalue weighted by atomic mass is 16.7. The number of hydrogen-bond donors (Lipinski definition) is 0. The lowest BCUT2D eigenvalue weighted by molar-refractivity contribution is -0.0253. The smallest absolute Gasteiger partial charge is 0.438 e. The van der Waals surface area contributed by atoms with Crippen molar-refractivity contribution in [2.75, 3.05) is 7.11 Å². The van der Waals surface area contributed by atoms with Gasteiger partial charge in [-0.15, -0.1) is 0 Å². The zero-order valence-electron chi connectivity index (χ0n) is 8.47. The van der Waals surface area contributed by atoms with Crippen LogP contribution in [0.15, 0.2) is 0 Å². The lowest BCUT2D eigenvalue weighted by atomic mass is 9.97. The maximum atomic E-state index is 11.0. The summed E-state index contributed by atoms with van der Waals surface area (Å²) in [6, 6.07) is 0. The van der Waals surface area contributed by atoms with Gasteiger partial charge in [-0.1, -0.05) is 12.8 Å². The van der Waals surface area contributed by atoms with Crippen molar-refractivity contribution in [1.29, 1.82) is 0 Å². The fourth-order valence-electron chi connectivity index (χ4n) is 1.82. The van der Waals surface area contributed by atoms with Crippen LogP contribution in [-0.4, -0.2) is 18.9 Å². The zero-order valence-corrected chi connectivity index (χ0v) is 8.47. The first kappa shape index (κ1) is 10.4. The van der Waals surface area contributed by atoms with Crippen LogP contribution in [0, 0.1) is 0 Å². The zero-order chi connectivity index (χ0) is 9.73. The summed E-state index contributed by atoms with van der Waals surface area (Å²) >= 11 is 0. The molecule has 0 aromatic heterocycles. The quantitative estimate of drug-likeness (QED) is 0.466. The highest BCUT2D eigenvalue weighted by Crippen LogP contribution is 2.30. The van der Waals surface area contributed by atoms with Gasteiger partial charge in [-0.05, 0) is 32.6 Å². The van der Waals surface area contributed by atoms with Crippen molar-refractivity contribution in [1.82, 2.24) is 0 Å². The van der Waals surface area contributed by atoms with Crippen molar-refractivity contribution in [2.24, 2.45) is 0 Å². The summed E-state index contributed by atoms with van der Waals surface area (Å²) in [5, 5.41) is 0. The molecule has 3 heteroatoms. The van der Waals surface area contributed by atoms with E-state index in [9.17, 15) is 4.79 Å². The average molecular weight is 186 g/mol. The van der Waals surface area contributed by atoms with E-state index in [1.54, 1.807) is 0 Å². The van der Waals surface area contributed by atoms with Crippen molar-refractivity contribution in [3.05, 3.63) is 0 Å². The van der Waals surface area contributed by atoms with E-state index in [-0.39, 0.29) is 5.60 Å². The number of carbonyl (C=O) groups excluding carboxylic acids is 1. The van der Waals surface area contributed by atoms with Crippen LogP contribution in [-0.2, 0) is 9.47 Å². The van der Waals surface area contributed by atoms with Crippen LogP contribution in [0.4, 0.5) is 4.79 Å². The molecule has 0 radical (unpaired) electrons. The van der Waals surface area contributed by atoms with Crippen LogP contribution < -0.4 is 0 Å². The van der Waals surface area contributed by atoms with E-state index in [1.807, 2.05) is 6.92 Å².